The van der Waals surface area contributed by atoms with Crippen LogP contribution in [0, 0.1) is 0 Å². The van der Waals surface area contributed by atoms with E-state index in [4.69, 9.17) is 11.6 Å². The summed E-state index contributed by atoms with van der Waals surface area (Å²) in [4.78, 5) is 15.0. The van der Waals surface area contributed by atoms with Gasteiger partial charge in [-0.3, -0.25) is 4.79 Å². The van der Waals surface area contributed by atoms with Gasteiger partial charge in [0.2, 0.25) is 5.91 Å². The van der Waals surface area contributed by atoms with Gasteiger partial charge in [-0.05, 0) is 24.3 Å². The predicted octanol–water partition coefficient (Wildman–Crippen LogP) is 3.44. The lowest BCUT2D eigenvalue weighted by Gasteiger charge is -2.08. The number of nitrogens with one attached hydrogen (secondary N) is 2. The molecule has 2 N–H and O–H groups in total. The molecule has 5 heteroatoms. The van der Waals surface area contributed by atoms with Crippen LogP contribution in [0.5, 0.6) is 0 Å². The van der Waals surface area contributed by atoms with Crippen molar-refractivity contribution >= 4 is 34.7 Å². The van der Waals surface area contributed by atoms with Crippen molar-refractivity contribution in [2.75, 3.05) is 10.6 Å². The van der Waals surface area contributed by atoms with Gasteiger partial charge in [0.15, 0.2) is 0 Å². The molecule has 0 bridgehead atoms. The molecule has 0 radical (unpaired) electrons. The highest BCUT2D eigenvalue weighted by Crippen LogP contribution is 2.24. The van der Waals surface area contributed by atoms with Gasteiger partial charge < -0.3 is 10.6 Å². The van der Waals surface area contributed by atoms with Crippen molar-refractivity contribution in [1.82, 2.24) is 4.98 Å². The predicted molar refractivity (Wildman–Crippen MR) is 73.3 cm³/mol. The third-order valence-corrected chi connectivity index (χ3v) is 2.55. The number of amides is 1. The summed E-state index contributed by atoms with van der Waals surface area (Å²) in [5.41, 5.74) is 1.62. The second-order valence-electron chi connectivity index (χ2n) is 3.72. The minimum atomic E-state index is -0.144. The average molecular weight is 262 g/mol. The number of benzene rings is 1. The summed E-state index contributed by atoms with van der Waals surface area (Å²) in [5.74, 6) is 0.376. The molecule has 0 fully saturated rings. The topological polar surface area (TPSA) is 54.0 Å². The van der Waals surface area contributed by atoms with E-state index in [-0.39, 0.29) is 5.91 Å². The first-order valence-corrected chi connectivity index (χ1v) is 5.78. The summed E-state index contributed by atoms with van der Waals surface area (Å²) < 4.78 is 0. The van der Waals surface area contributed by atoms with Crippen LogP contribution in [0.4, 0.5) is 17.2 Å². The first kappa shape index (κ1) is 12.4. The molecule has 1 aromatic heterocycles. The Balaban J connectivity index is 2.11. The Morgan fingerprint density at radius 3 is 2.61 bits per heavy atom. The van der Waals surface area contributed by atoms with Crippen LogP contribution in [0.1, 0.15) is 6.92 Å². The number of hydrogen-bond acceptors (Lipinski definition) is 3. The molecule has 92 valence electrons. The SMILES string of the molecule is CC(=O)Nc1ccc(Nc2ccccc2Cl)cn1. The Morgan fingerprint density at radius 2 is 2.00 bits per heavy atom. The van der Waals surface area contributed by atoms with Crippen LogP contribution in [0.3, 0.4) is 0 Å². The first-order valence-electron chi connectivity index (χ1n) is 5.40. The van der Waals surface area contributed by atoms with Gasteiger partial charge in [-0.1, -0.05) is 23.7 Å². The highest BCUT2D eigenvalue weighted by molar-refractivity contribution is 6.33. The summed E-state index contributed by atoms with van der Waals surface area (Å²) in [6.07, 6.45) is 1.63. The summed E-state index contributed by atoms with van der Waals surface area (Å²) in [7, 11) is 0. The van der Waals surface area contributed by atoms with Crippen LogP contribution in [0.25, 0.3) is 0 Å². The van der Waals surface area contributed by atoms with Gasteiger partial charge in [0.05, 0.1) is 22.6 Å². The normalized spacial score (nSPS) is 9.89. The zero-order valence-electron chi connectivity index (χ0n) is 9.77. The molecule has 0 saturated heterocycles. The number of anilines is 3. The van der Waals surface area contributed by atoms with Gasteiger partial charge in [0.25, 0.3) is 0 Å². The van der Waals surface area contributed by atoms with E-state index in [0.29, 0.717) is 10.8 Å². The second kappa shape index (κ2) is 5.51. The van der Waals surface area contributed by atoms with Crippen LogP contribution in [0.2, 0.25) is 5.02 Å². The molecule has 0 aliphatic carbocycles. The summed E-state index contributed by atoms with van der Waals surface area (Å²) >= 11 is 6.03. The van der Waals surface area contributed by atoms with Gasteiger partial charge in [0, 0.05) is 6.92 Å². The van der Waals surface area contributed by atoms with E-state index >= 15 is 0 Å². The molecule has 0 atom stereocenters. The van der Waals surface area contributed by atoms with E-state index in [1.54, 1.807) is 12.3 Å². The van der Waals surface area contributed by atoms with Crippen LogP contribution in [-0.4, -0.2) is 10.9 Å². The van der Waals surface area contributed by atoms with Gasteiger partial charge in [-0.2, -0.15) is 0 Å². The zero-order chi connectivity index (χ0) is 13.0. The van der Waals surface area contributed by atoms with Gasteiger partial charge in [0.1, 0.15) is 5.82 Å². The van der Waals surface area contributed by atoms with Crippen molar-refractivity contribution in [2.24, 2.45) is 0 Å². The Morgan fingerprint density at radius 1 is 1.22 bits per heavy atom. The fourth-order valence-electron chi connectivity index (χ4n) is 1.44. The third kappa shape index (κ3) is 3.21. The third-order valence-electron chi connectivity index (χ3n) is 2.22. The monoisotopic (exact) mass is 261 g/mol. The fourth-order valence-corrected chi connectivity index (χ4v) is 1.62. The second-order valence-corrected chi connectivity index (χ2v) is 4.13. The van der Waals surface area contributed by atoms with Crippen molar-refractivity contribution in [2.45, 2.75) is 6.92 Å². The van der Waals surface area contributed by atoms with E-state index in [1.165, 1.54) is 6.92 Å². The van der Waals surface area contributed by atoms with Crippen LogP contribution < -0.4 is 10.6 Å². The maximum atomic E-state index is 10.8. The molecule has 0 aliphatic heterocycles. The molecule has 18 heavy (non-hydrogen) atoms. The van der Waals surface area contributed by atoms with E-state index in [2.05, 4.69) is 15.6 Å². The zero-order valence-corrected chi connectivity index (χ0v) is 10.5. The fraction of sp³-hybridized carbons (Fsp3) is 0.0769. The van der Waals surface area contributed by atoms with Crippen molar-refractivity contribution in [3.05, 3.63) is 47.6 Å². The summed E-state index contributed by atoms with van der Waals surface area (Å²) in [6.45, 7) is 1.44. The number of hydrogen-bond donors (Lipinski definition) is 2. The smallest absolute Gasteiger partial charge is 0.222 e. The molecule has 1 aromatic carbocycles. The van der Waals surface area contributed by atoms with Crippen molar-refractivity contribution in [1.29, 1.82) is 0 Å². The number of nitrogens with zero attached hydrogens (tertiary/aromatic N) is 1. The highest BCUT2D eigenvalue weighted by atomic mass is 35.5. The van der Waals surface area contributed by atoms with Crippen LogP contribution in [0.15, 0.2) is 42.6 Å². The number of aromatic nitrogens is 1. The summed E-state index contributed by atoms with van der Waals surface area (Å²) in [5, 5.41) is 6.39. The van der Waals surface area contributed by atoms with Crippen molar-refractivity contribution in [3.8, 4) is 0 Å². The minimum Gasteiger partial charge on any atom is -0.353 e. The van der Waals surface area contributed by atoms with Gasteiger partial charge in [-0.15, -0.1) is 0 Å². The highest BCUT2D eigenvalue weighted by Gasteiger charge is 2.01. The molecule has 0 aliphatic rings. The Labute approximate surface area is 110 Å². The lowest BCUT2D eigenvalue weighted by Crippen LogP contribution is -2.07. The van der Waals surface area contributed by atoms with Crippen molar-refractivity contribution < 1.29 is 4.79 Å². The molecular formula is C13H12ClN3O. The number of carbonyl (C=O) groups excluding carboxylic acids is 1. The van der Waals surface area contributed by atoms with E-state index in [9.17, 15) is 4.79 Å². The molecular weight excluding hydrogens is 250 g/mol. The Kier molecular flexibility index (Phi) is 3.79. The Bertz CT molecular complexity index is 554. The molecule has 0 unspecified atom stereocenters. The lowest BCUT2D eigenvalue weighted by atomic mass is 10.3. The lowest BCUT2D eigenvalue weighted by molar-refractivity contribution is -0.114. The average Bonchev–Trinajstić information content (AvgIpc) is 2.34. The number of rotatable bonds is 3. The molecule has 2 aromatic rings. The maximum Gasteiger partial charge on any atom is 0.222 e. The van der Waals surface area contributed by atoms with E-state index in [0.717, 1.165) is 11.4 Å². The first-order chi connectivity index (χ1) is 8.65. The number of para-hydroxylation sites is 1. The van der Waals surface area contributed by atoms with Crippen molar-refractivity contribution in [3.63, 3.8) is 0 Å². The number of halogens is 1. The molecule has 1 amide bonds. The number of carbonyl (C=O) groups is 1. The molecule has 1 heterocycles. The molecule has 2 rings (SSSR count). The summed E-state index contributed by atoms with van der Waals surface area (Å²) in [6, 6.07) is 11.0. The molecule has 4 nitrogen and oxygen atoms in total. The van der Waals surface area contributed by atoms with Crippen LogP contribution in [-0.2, 0) is 4.79 Å². The molecule has 0 saturated carbocycles. The van der Waals surface area contributed by atoms with Gasteiger partial charge in [-0.25, -0.2) is 4.98 Å². The molecule has 0 spiro atoms. The minimum absolute atomic E-state index is 0.144. The van der Waals surface area contributed by atoms with E-state index < -0.39 is 0 Å². The standard InChI is InChI=1S/C13H12ClN3O/c1-9(18)16-13-7-6-10(8-15-13)17-12-5-3-2-4-11(12)14/h2-8,17H,1H3,(H,15,16,18). The van der Waals surface area contributed by atoms with Gasteiger partial charge >= 0.3 is 0 Å². The Hall–Kier alpha value is -2.07. The number of pyridine rings is 1. The van der Waals surface area contributed by atoms with Crippen LogP contribution >= 0.6 is 11.6 Å². The quantitative estimate of drug-likeness (QED) is 0.890. The largest absolute Gasteiger partial charge is 0.353 e. The maximum absolute atomic E-state index is 10.8. The van der Waals surface area contributed by atoms with E-state index in [1.807, 2.05) is 30.3 Å².